The van der Waals surface area contributed by atoms with Crippen molar-refractivity contribution in [2.24, 2.45) is 5.92 Å². The molecule has 2 aliphatic rings. The van der Waals surface area contributed by atoms with Crippen LogP contribution in [0.2, 0.25) is 0 Å². The normalized spacial score (nSPS) is 27.8. The molecule has 1 N–H and O–H groups in total. The summed E-state index contributed by atoms with van der Waals surface area (Å²) < 4.78 is 38.4. The summed E-state index contributed by atoms with van der Waals surface area (Å²) in [6, 6.07) is 5.70. The minimum Gasteiger partial charge on any atom is -0.341 e. The molecule has 0 spiro atoms. The van der Waals surface area contributed by atoms with Gasteiger partial charge in [0.15, 0.2) is 0 Å². The van der Waals surface area contributed by atoms with E-state index in [2.05, 4.69) is 5.32 Å². The largest absolute Gasteiger partial charge is 0.416 e. The molecule has 1 saturated heterocycles. The number of alkyl halides is 3. The molecular weight excluding hydrogens is 305 g/mol. The first kappa shape index (κ1) is 16.3. The van der Waals surface area contributed by atoms with E-state index in [9.17, 15) is 18.0 Å². The van der Waals surface area contributed by atoms with Gasteiger partial charge in [-0.3, -0.25) is 4.79 Å². The summed E-state index contributed by atoms with van der Waals surface area (Å²) in [5.74, 6) is -0.138. The lowest BCUT2D eigenvalue weighted by Crippen LogP contribution is -2.47. The quantitative estimate of drug-likeness (QED) is 0.926. The highest BCUT2D eigenvalue weighted by Crippen LogP contribution is 2.49. The Balaban J connectivity index is 1.66. The Kier molecular flexibility index (Phi) is 4.36. The van der Waals surface area contributed by atoms with Crippen molar-refractivity contribution in [1.29, 1.82) is 0 Å². The maximum Gasteiger partial charge on any atom is 0.416 e. The van der Waals surface area contributed by atoms with Crippen molar-refractivity contribution >= 4 is 5.91 Å². The zero-order chi connectivity index (χ0) is 16.6. The number of carbonyl (C=O) groups is 1. The second-order valence-electron chi connectivity index (χ2n) is 6.48. The van der Waals surface area contributed by atoms with E-state index < -0.39 is 11.7 Å². The average Bonchev–Trinajstić information content (AvgIpc) is 3.34. The Morgan fingerprint density at radius 2 is 2.13 bits per heavy atom. The summed E-state index contributed by atoms with van der Waals surface area (Å²) in [6.45, 7) is 1.45. The SMILES string of the molecule is CN[C@@H]1CCCN(C(=O)[C@H]2C[C@@H]2c2cccc(C(F)(F)F)c2)C1. The van der Waals surface area contributed by atoms with Gasteiger partial charge in [-0.15, -0.1) is 0 Å². The standard InChI is InChI=1S/C17H21F3N2O/c1-21-13-6-3-7-22(10-13)16(23)15-9-14(15)11-4-2-5-12(8-11)17(18,19)20/h2,4-5,8,13-15,21H,3,6-7,9-10H2,1H3/t13-,14-,15+/m1/s1. The van der Waals surface area contributed by atoms with Crippen LogP contribution < -0.4 is 5.32 Å². The fourth-order valence-corrected chi connectivity index (χ4v) is 3.43. The van der Waals surface area contributed by atoms with E-state index in [0.717, 1.165) is 25.5 Å². The molecule has 1 heterocycles. The van der Waals surface area contributed by atoms with E-state index in [1.54, 1.807) is 6.07 Å². The number of piperidine rings is 1. The summed E-state index contributed by atoms with van der Waals surface area (Å²) >= 11 is 0. The summed E-state index contributed by atoms with van der Waals surface area (Å²) in [6.07, 6.45) is -1.65. The zero-order valence-corrected chi connectivity index (χ0v) is 13.1. The van der Waals surface area contributed by atoms with Crippen LogP contribution in [0.4, 0.5) is 13.2 Å². The molecule has 0 aromatic heterocycles. The Morgan fingerprint density at radius 1 is 1.35 bits per heavy atom. The number of nitrogens with zero attached hydrogens (tertiary/aromatic N) is 1. The number of halogens is 3. The van der Waals surface area contributed by atoms with Gasteiger partial charge in [0, 0.05) is 25.0 Å². The van der Waals surface area contributed by atoms with E-state index in [-0.39, 0.29) is 17.7 Å². The number of likely N-dealkylation sites (tertiary alicyclic amines) is 1. The summed E-state index contributed by atoms with van der Waals surface area (Å²) in [5, 5.41) is 3.20. The van der Waals surface area contributed by atoms with Crippen LogP contribution in [0.15, 0.2) is 24.3 Å². The van der Waals surface area contributed by atoms with Crippen LogP contribution in [-0.2, 0) is 11.0 Å². The molecule has 126 valence electrons. The number of amides is 1. The molecule has 3 nitrogen and oxygen atoms in total. The van der Waals surface area contributed by atoms with Crippen LogP contribution >= 0.6 is 0 Å². The third-order valence-corrected chi connectivity index (χ3v) is 4.89. The van der Waals surface area contributed by atoms with Gasteiger partial charge >= 0.3 is 6.18 Å². The van der Waals surface area contributed by atoms with E-state index in [1.807, 2.05) is 11.9 Å². The van der Waals surface area contributed by atoms with Crippen molar-refractivity contribution in [3.05, 3.63) is 35.4 Å². The predicted molar refractivity (Wildman–Crippen MR) is 81.0 cm³/mol. The fraction of sp³-hybridized carbons (Fsp3) is 0.588. The van der Waals surface area contributed by atoms with Crippen molar-refractivity contribution in [1.82, 2.24) is 10.2 Å². The highest BCUT2D eigenvalue weighted by Gasteiger charge is 2.46. The molecule has 3 atom stereocenters. The van der Waals surface area contributed by atoms with Gasteiger partial charge in [0.25, 0.3) is 0 Å². The van der Waals surface area contributed by atoms with E-state index in [4.69, 9.17) is 0 Å². The average molecular weight is 326 g/mol. The third-order valence-electron chi connectivity index (χ3n) is 4.89. The number of benzene rings is 1. The Morgan fingerprint density at radius 3 is 2.83 bits per heavy atom. The van der Waals surface area contributed by atoms with Crippen molar-refractivity contribution in [3.8, 4) is 0 Å². The molecule has 1 aliphatic heterocycles. The highest BCUT2D eigenvalue weighted by molar-refractivity contribution is 5.83. The first-order valence-corrected chi connectivity index (χ1v) is 8.03. The van der Waals surface area contributed by atoms with Crippen LogP contribution in [0.3, 0.4) is 0 Å². The molecule has 3 rings (SSSR count). The predicted octanol–water partition coefficient (Wildman–Crippen LogP) is 3.02. The topological polar surface area (TPSA) is 32.3 Å². The molecule has 1 saturated carbocycles. The van der Waals surface area contributed by atoms with Gasteiger partial charge in [-0.1, -0.05) is 18.2 Å². The van der Waals surface area contributed by atoms with Crippen LogP contribution in [0.25, 0.3) is 0 Å². The van der Waals surface area contributed by atoms with Crippen LogP contribution in [0.1, 0.15) is 36.3 Å². The van der Waals surface area contributed by atoms with E-state index in [0.29, 0.717) is 24.6 Å². The van der Waals surface area contributed by atoms with Gasteiger partial charge in [0.05, 0.1) is 5.56 Å². The van der Waals surface area contributed by atoms with Gasteiger partial charge in [0.2, 0.25) is 5.91 Å². The molecule has 1 amide bonds. The third kappa shape index (κ3) is 3.52. The minimum absolute atomic E-state index is 0.0697. The molecule has 0 radical (unpaired) electrons. The van der Waals surface area contributed by atoms with Gasteiger partial charge < -0.3 is 10.2 Å². The summed E-state index contributed by atoms with van der Waals surface area (Å²) in [7, 11) is 1.89. The van der Waals surface area contributed by atoms with Gasteiger partial charge in [-0.2, -0.15) is 13.2 Å². The second kappa shape index (κ2) is 6.15. The molecule has 1 aromatic carbocycles. The Labute approximate surface area is 133 Å². The maximum atomic E-state index is 12.8. The van der Waals surface area contributed by atoms with Gasteiger partial charge in [-0.25, -0.2) is 0 Å². The number of hydrogen-bond donors (Lipinski definition) is 1. The highest BCUT2D eigenvalue weighted by atomic mass is 19.4. The molecule has 0 bridgehead atoms. The van der Waals surface area contributed by atoms with Crippen LogP contribution in [0, 0.1) is 5.92 Å². The molecule has 0 unspecified atom stereocenters. The van der Waals surface area contributed by atoms with Crippen molar-refractivity contribution in [2.45, 2.75) is 37.4 Å². The van der Waals surface area contributed by atoms with Crippen LogP contribution in [-0.4, -0.2) is 37.0 Å². The molecule has 1 aromatic rings. The molecule has 23 heavy (non-hydrogen) atoms. The van der Waals surface area contributed by atoms with Crippen molar-refractivity contribution < 1.29 is 18.0 Å². The van der Waals surface area contributed by atoms with Gasteiger partial charge in [0.1, 0.15) is 0 Å². The zero-order valence-electron chi connectivity index (χ0n) is 13.1. The maximum absolute atomic E-state index is 12.8. The number of hydrogen-bond acceptors (Lipinski definition) is 2. The summed E-state index contributed by atoms with van der Waals surface area (Å²) in [4.78, 5) is 14.4. The lowest BCUT2D eigenvalue weighted by molar-refractivity contribution is -0.137. The number of carbonyl (C=O) groups excluding carboxylic acids is 1. The number of likely N-dealkylation sites (N-methyl/N-ethyl adjacent to an activating group) is 1. The lowest BCUT2D eigenvalue weighted by Gasteiger charge is -2.32. The number of nitrogens with one attached hydrogen (secondary N) is 1. The van der Waals surface area contributed by atoms with E-state index >= 15 is 0 Å². The smallest absolute Gasteiger partial charge is 0.341 e. The van der Waals surface area contributed by atoms with Crippen molar-refractivity contribution in [3.63, 3.8) is 0 Å². The fourth-order valence-electron chi connectivity index (χ4n) is 3.43. The molecule has 6 heteroatoms. The van der Waals surface area contributed by atoms with Gasteiger partial charge in [-0.05, 0) is 43.9 Å². The molecule has 1 aliphatic carbocycles. The van der Waals surface area contributed by atoms with E-state index in [1.165, 1.54) is 12.1 Å². The first-order valence-electron chi connectivity index (χ1n) is 8.03. The summed E-state index contributed by atoms with van der Waals surface area (Å²) in [5.41, 5.74) is -0.0123. The monoisotopic (exact) mass is 326 g/mol. The van der Waals surface area contributed by atoms with Crippen LogP contribution in [0.5, 0.6) is 0 Å². The lowest BCUT2D eigenvalue weighted by atomic mass is 10.0. The minimum atomic E-state index is -4.34. The second-order valence-corrected chi connectivity index (χ2v) is 6.48. The Bertz CT molecular complexity index is 587. The molecular formula is C17H21F3N2O. The Hall–Kier alpha value is -1.56. The molecule has 2 fully saturated rings. The number of rotatable bonds is 3. The first-order chi connectivity index (χ1) is 10.9. The van der Waals surface area contributed by atoms with Crippen molar-refractivity contribution in [2.75, 3.05) is 20.1 Å².